The average Bonchev–Trinajstić information content (AvgIpc) is 3.26. The summed E-state index contributed by atoms with van der Waals surface area (Å²) in [6, 6.07) is 12.4. The van der Waals surface area contributed by atoms with Crippen molar-refractivity contribution in [3.8, 4) is 0 Å². The zero-order chi connectivity index (χ0) is 19.6. The Morgan fingerprint density at radius 3 is 2.61 bits per heavy atom. The van der Waals surface area contributed by atoms with Crippen molar-refractivity contribution >= 4 is 10.0 Å². The van der Waals surface area contributed by atoms with E-state index in [2.05, 4.69) is 10.9 Å². The molecule has 0 radical (unpaired) electrons. The molecule has 2 aliphatic heterocycles. The zero-order valence-corrected chi connectivity index (χ0v) is 16.5. The van der Waals surface area contributed by atoms with Crippen molar-refractivity contribution in [2.24, 2.45) is 0 Å². The Hall–Kier alpha value is -1.87. The van der Waals surface area contributed by atoms with Gasteiger partial charge in [0.25, 0.3) is 0 Å². The second-order valence-corrected chi connectivity index (χ2v) is 9.70. The van der Waals surface area contributed by atoms with E-state index < -0.39 is 15.3 Å². The molecule has 0 aliphatic carbocycles. The Labute approximate surface area is 165 Å². The largest absolute Gasteiger partial charge is 0.257 e. The fourth-order valence-corrected chi connectivity index (χ4v) is 5.70. The van der Waals surface area contributed by atoms with Gasteiger partial charge in [-0.15, -0.1) is 0 Å². The van der Waals surface area contributed by atoms with Gasteiger partial charge in [-0.1, -0.05) is 18.2 Å². The fourth-order valence-electron chi connectivity index (χ4n) is 3.92. The predicted molar refractivity (Wildman–Crippen MR) is 106 cm³/mol. The van der Waals surface area contributed by atoms with E-state index in [0.29, 0.717) is 32.6 Å². The van der Waals surface area contributed by atoms with Gasteiger partial charge in [-0.3, -0.25) is 15.8 Å². The fraction of sp³-hybridized carbons (Fsp3) is 0.450. The van der Waals surface area contributed by atoms with E-state index in [1.54, 1.807) is 16.4 Å². The molecule has 3 heterocycles. The lowest BCUT2D eigenvalue weighted by Gasteiger charge is -2.33. The van der Waals surface area contributed by atoms with Crippen LogP contribution in [0.3, 0.4) is 0 Å². The van der Waals surface area contributed by atoms with Crippen LogP contribution < -0.4 is 10.9 Å². The number of aromatic nitrogens is 1. The quantitative estimate of drug-likeness (QED) is 0.795. The average molecular weight is 405 g/mol. The predicted octanol–water partition coefficient (Wildman–Crippen LogP) is 1.80. The molecular weight excluding hydrogens is 379 g/mol. The normalized spacial score (nSPS) is 21.8. The second-order valence-electron chi connectivity index (χ2n) is 7.48. The lowest BCUT2D eigenvalue weighted by molar-refractivity contribution is 0.310. The van der Waals surface area contributed by atoms with Crippen LogP contribution in [-0.2, 0) is 16.4 Å². The van der Waals surface area contributed by atoms with Crippen LogP contribution in [0.1, 0.15) is 35.7 Å². The lowest BCUT2D eigenvalue weighted by atomic mass is 9.95. The number of sulfonamides is 1. The smallest absolute Gasteiger partial charge is 0.219 e. The summed E-state index contributed by atoms with van der Waals surface area (Å²) < 4.78 is 40.5. The van der Waals surface area contributed by atoms with Crippen LogP contribution in [0.4, 0.5) is 4.39 Å². The van der Waals surface area contributed by atoms with Gasteiger partial charge in [0.2, 0.25) is 10.0 Å². The minimum absolute atomic E-state index is 0.0963. The number of piperidine rings is 1. The molecule has 28 heavy (non-hydrogen) atoms. The van der Waals surface area contributed by atoms with Gasteiger partial charge in [-0.2, -0.15) is 0 Å². The highest BCUT2D eigenvalue weighted by Gasteiger charge is 2.37. The van der Waals surface area contributed by atoms with Crippen LogP contribution in [0.5, 0.6) is 0 Å². The summed E-state index contributed by atoms with van der Waals surface area (Å²) in [5, 5.41) is -0.413. The minimum Gasteiger partial charge on any atom is -0.257 e. The second kappa shape index (κ2) is 8.24. The van der Waals surface area contributed by atoms with Crippen LogP contribution in [0.2, 0.25) is 0 Å². The Bertz CT molecular complexity index is 914. The number of nitrogens with one attached hydrogen (secondary N) is 2. The SMILES string of the molecule is O=S(=O)(C1CNNC1)N1CCCC(c2cccc(Cc3ccc(F)cc3)n2)C1. The van der Waals surface area contributed by atoms with Crippen LogP contribution >= 0.6 is 0 Å². The van der Waals surface area contributed by atoms with Crippen molar-refractivity contribution in [1.82, 2.24) is 20.1 Å². The molecule has 0 amide bonds. The minimum atomic E-state index is -3.32. The van der Waals surface area contributed by atoms with E-state index in [1.165, 1.54) is 12.1 Å². The highest BCUT2D eigenvalue weighted by molar-refractivity contribution is 7.89. The molecule has 1 aromatic heterocycles. The van der Waals surface area contributed by atoms with Crippen molar-refractivity contribution in [2.75, 3.05) is 26.2 Å². The van der Waals surface area contributed by atoms with Crippen LogP contribution in [0.25, 0.3) is 0 Å². The molecule has 2 fully saturated rings. The third-order valence-electron chi connectivity index (χ3n) is 5.49. The van der Waals surface area contributed by atoms with E-state index >= 15 is 0 Å². The number of hydrogen-bond acceptors (Lipinski definition) is 5. The van der Waals surface area contributed by atoms with Crippen LogP contribution in [0.15, 0.2) is 42.5 Å². The van der Waals surface area contributed by atoms with Crippen molar-refractivity contribution in [2.45, 2.75) is 30.4 Å². The Morgan fingerprint density at radius 2 is 1.86 bits per heavy atom. The number of halogens is 1. The molecule has 2 N–H and O–H groups in total. The topological polar surface area (TPSA) is 74.3 Å². The first-order valence-electron chi connectivity index (χ1n) is 9.67. The first-order valence-corrected chi connectivity index (χ1v) is 11.2. The van der Waals surface area contributed by atoms with Gasteiger partial charge in [0.05, 0.1) is 0 Å². The molecular formula is C20H25FN4O2S. The summed E-state index contributed by atoms with van der Waals surface area (Å²) in [4.78, 5) is 4.79. The van der Waals surface area contributed by atoms with E-state index in [1.807, 2.05) is 18.2 Å². The third-order valence-corrected chi connectivity index (χ3v) is 7.72. The van der Waals surface area contributed by atoms with E-state index in [9.17, 15) is 12.8 Å². The highest BCUT2D eigenvalue weighted by atomic mass is 32.2. The third kappa shape index (κ3) is 4.25. The molecule has 1 unspecified atom stereocenters. The summed E-state index contributed by atoms with van der Waals surface area (Å²) in [6.07, 6.45) is 2.39. The van der Waals surface area contributed by atoms with Gasteiger partial charge in [-0.05, 0) is 42.7 Å². The molecule has 8 heteroatoms. The molecule has 4 rings (SSSR count). The van der Waals surface area contributed by atoms with Gasteiger partial charge in [0.1, 0.15) is 11.1 Å². The van der Waals surface area contributed by atoms with Gasteiger partial charge in [0, 0.05) is 49.9 Å². The van der Waals surface area contributed by atoms with Gasteiger partial charge in [0.15, 0.2) is 0 Å². The number of nitrogens with zero attached hydrogens (tertiary/aromatic N) is 2. The number of rotatable bonds is 5. The molecule has 1 atom stereocenters. The summed E-state index contributed by atoms with van der Waals surface area (Å²) >= 11 is 0. The maximum Gasteiger partial charge on any atom is 0.219 e. The Morgan fingerprint density at radius 1 is 1.11 bits per heavy atom. The monoisotopic (exact) mass is 404 g/mol. The number of hydrogen-bond donors (Lipinski definition) is 2. The van der Waals surface area contributed by atoms with E-state index in [0.717, 1.165) is 29.8 Å². The molecule has 0 spiro atoms. The molecule has 6 nitrogen and oxygen atoms in total. The summed E-state index contributed by atoms with van der Waals surface area (Å²) in [5.41, 5.74) is 8.65. The van der Waals surface area contributed by atoms with Crippen molar-refractivity contribution in [3.05, 3.63) is 65.2 Å². The molecule has 150 valence electrons. The summed E-state index contributed by atoms with van der Waals surface area (Å²) in [5.74, 6) is -0.152. The first-order chi connectivity index (χ1) is 13.5. The zero-order valence-electron chi connectivity index (χ0n) is 15.6. The molecule has 0 bridgehead atoms. The molecule has 0 saturated carbocycles. The Kier molecular flexibility index (Phi) is 5.73. The molecule has 2 saturated heterocycles. The van der Waals surface area contributed by atoms with Gasteiger partial charge in [-0.25, -0.2) is 17.1 Å². The number of benzene rings is 1. The highest BCUT2D eigenvalue weighted by Crippen LogP contribution is 2.29. The standard InChI is InChI=1S/C20H25FN4O2S/c21-17-8-6-15(7-9-17)11-18-4-1-5-20(24-18)16-3-2-10-25(14-16)28(26,27)19-12-22-23-13-19/h1,4-9,16,19,22-23H,2-3,10-14H2. The van der Waals surface area contributed by atoms with E-state index in [4.69, 9.17) is 4.98 Å². The maximum atomic E-state index is 13.1. The van der Waals surface area contributed by atoms with Gasteiger partial charge >= 0.3 is 0 Å². The van der Waals surface area contributed by atoms with Crippen molar-refractivity contribution in [3.63, 3.8) is 0 Å². The summed E-state index contributed by atoms with van der Waals surface area (Å²) in [6.45, 7) is 1.93. The number of hydrazine groups is 1. The van der Waals surface area contributed by atoms with Crippen molar-refractivity contribution in [1.29, 1.82) is 0 Å². The van der Waals surface area contributed by atoms with E-state index in [-0.39, 0.29) is 11.7 Å². The number of pyridine rings is 1. The van der Waals surface area contributed by atoms with Gasteiger partial charge < -0.3 is 0 Å². The summed E-state index contributed by atoms with van der Waals surface area (Å²) in [7, 11) is -3.32. The van der Waals surface area contributed by atoms with Crippen LogP contribution in [-0.4, -0.2) is 49.1 Å². The lowest BCUT2D eigenvalue weighted by Crippen LogP contribution is -2.45. The molecule has 1 aromatic carbocycles. The molecule has 2 aliphatic rings. The molecule has 2 aromatic rings. The van der Waals surface area contributed by atoms with Crippen LogP contribution in [0, 0.1) is 5.82 Å². The Balaban J connectivity index is 1.48. The van der Waals surface area contributed by atoms with Crippen molar-refractivity contribution < 1.29 is 12.8 Å². The first kappa shape index (κ1) is 19.4. The maximum absolute atomic E-state index is 13.1.